The molecule has 1 aromatic carbocycles. The number of aromatic nitrogens is 2. The van der Waals surface area contributed by atoms with Gasteiger partial charge in [-0.25, -0.2) is 9.78 Å². The minimum Gasteiger partial charge on any atom is -0.493 e. The lowest BCUT2D eigenvalue weighted by molar-refractivity contribution is -0.137. The van der Waals surface area contributed by atoms with E-state index in [0.29, 0.717) is 30.9 Å². The summed E-state index contributed by atoms with van der Waals surface area (Å²) in [5, 5.41) is 21.1. The Labute approximate surface area is 228 Å². The van der Waals surface area contributed by atoms with E-state index in [0.717, 1.165) is 16.9 Å². The summed E-state index contributed by atoms with van der Waals surface area (Å²) in [4.78, 5) is 56.3. The van der Waals surface area contributed by atoms with Gasteiger partial charge in [-0.05, 0) is 30.7 Å². The number of carboxylic acids is 1. The van der Waals surface area contributed by atoms with Crippen molar-refractivity contribution in [3.63, 3.8) is 0 Å². The van der Waals surface area contributed by atoms with E-state index in [-0.39, 0.29) is 23.8 Å². The highest BCUT2D eigenvalue weighted by molar-refractivity contribution is 7.14. The maximum Gasteiger partial charge on any atom is 0.321 e. The normalized spacial score (nSPS) is 11.2. The second-order valence-electron chi connectivity index (χ2n) is 8.13. The van der Waals surface area contributed by atoms with E-state index in [9.17, 15) is 19.2 Å². The molecule has 0 bridgehead atoms. The Hall–Kier alpha value is -4.56. The first-order chi connectivity index (χ1) is 18.9. The number of hydrogen-bond donors (Lipinski definition) is 6. The van der Waals surface area contributed by atoms with Crippen molar-refractivity contribution in [3.05, 3.63) is 71.0 Å². The van der Waals surface area contributed by atoms with E-state index in [1.54, 1.807) is 12.1 Å². The third-order valence-electron chi connectivity index (χ3n) is 5.19. The van der Waals surface area contributed by atoms with Crippen molar-refractivity contribution in [1.82, 2.24) is 25.9 Å². The lowest BCUT2D eigenvalue weighted by atomic mass is 10.1. The quantitative estimate of drug-likeness (QED) is 0.160. The minimum atomic E-state index is -1.10. The highest BCUT2D eigenvalue weighted by Gasteiger charge is 2.19. The fourth-order valence-electron chi connectivity index (χ4n) is 3.31. The Morgan fingerprint density at radius 1 is 1.10 bits per heavy atom. The van der Waals surface area contributed by atoms with Crippen LogP contribution in [0.1, 0.15) is 40.5 Å². The molecule has 0 spiro atoms. The molecule has 1 atom stereocenters. The third-order valence-corrected chi connectivity index (χ3v) is 5.94. The summed E-state index contributed by atoms with van der Waals surface area (Å²) in [5.41, 5.74) is 6.81. The molecule has 0 radical (unpaired) electrons. The van der Waals surface area contributed by atoms with Gasteiger partial charge < -0.3 is 31.5 Å². The van der Waals surface area contributed by atoms with Gasteiger partial charge in [0.05, 0.1) is 25.6 Å². The molecule has 7 N–H and O–H groups in total. The number of ether oxygens (including phenoxy) is 1. The number of carboxylic acid groups (broad SMARTS) is 1. The highest BCUT2D eigenvalue weighted by atomic mass is 32.1. The van der Waals surface area contributed by atoms with Gasteiger partial charge in [-0.2, -0.15) is 0 Å². The van der Waals surface area contributed by atoms with E-state index in [1.165, 1.54) is 17.8 Å². The van der Waals surface area contributed by atoms with Gasteiger partial charge in [-0.1, -0.05) is 24.3 Å². The number of carbonyl (C=O) groups excluding carboxylic acids is 3. The van der Waals surface area contributed by atoms with Gasteiger partial charge in [0.15, 0.2) is 5.13 Å². The van der Waals surface area contributed by atoms with Gasteiger partial charge in [0.2, 0.25) is 5.91 Å². The average molecular weight is 556 g/mol. The molecule has 0 aliphatic rings. The predicted molar refractivity (Wildman–Crippen MR) is 143 cm³/mol. The number of nitrogens with two attached hydrogens (primary N) is 1. The maximum atomic E-state index is 12.4. The van der Waals surface area contributed by atoms with Gasteiger partial charge in [0.1, 0.15) is 11.4 Å². The van der Waals surface area contributed by atoms with Crippen LogP contribution >= 0.6 is 11.3 Å². The molecule has 0 saturated carbocycles. The van der Waals surface area contributed by atoms with Crippen molar-refractivity contribution in [2.75, 3.05) is 25.0 Å². The lowest BCUT2D eigenvalue weighted by Crippen LogP contribution is -2.39. The third kappa shape index (κ3) is 9.68. The number of hydrogen-bond acceptors (Lipinski definition) is 9. The Morgan fingerprint density at radius 3 is 2.67 bits per heavy atom. The van der Waals surface area contributed by atoms with Crippen LogP contribution in [0.15, 0.2) is 54.2 Å². The standard InChI is InChI=1S/C25H29N7O6S/c26-8-4-10-38-20-7-2-1-5-17(20)13-29-24(37)32-25-31-19(15-39-25)23(36)28-14-21(33)30-18(11-22(34)35)16-6-3-9-27-12-16/h1-3,5-7,9,12,15,18H,4,8,10-11,13-14,26H2,(H,28,36)(H,30,33)(H,34,35)(H2,29,31,32,37). The molecule has 206 valence electrons. The lowest BCUT2D eigenvalue weighted by Gasteiger charge is -2.17. The molecule has 0 aliphatic carbocycles. The SMILES string of the molecule is NCCCOc1ccccc1CNC(=O)Nc1nc(C(=O)NCC(=O)NC(CC(=O)O)c2cccnc2)cs1. The summed E-state index contributed by atoms with van der Waals surface area (Å²) in [5.74, 6) is -1.66. The van der Waals surface area contributed by atoms with Crippen LogP contribution in [0.2, 0.25) is 0 Å². The number of carbonyl (C=O) groups is 4. The largest absolute Gasteiger partial charge is 0.493 e. The Kier molecular flexibility index (Phi) is 11.2. The Balaban J connectivity index is 1.46. The molecule has 2 heterocycles. The number of thiazole rings is 1. The number of para-hydroxylation sites is 1. The van der Waals surface area contributed by atoms with Crippen molar-refractivity contribution in [2.24, 2.45) is 5.73 Å². The molecule has 3 aromatic rings. The molecular weight excluding hydrogens is 526 g/mol. The van der Waals surface area contributed by atoms with Gasteiger partial charge in [-0.15, -0.1) is 11.3 Å². The number of rotatable bonds is 14. The molecular formula is C25H29N7O6S. The molecule has 13 nitrogen and oxygen atoms in total. The smallest absolute Gasteiger partial charge is 0.321 e. The van der Waals surface area contributed by atoms with E-state index >= 15 is 0 Å². The van der Waals surface area contributed by atoms with Crippen LogP contribution in [-0.4, -0.2) is 58.6 Å². The monoisotopic (exact) mass is 555 g/mol. The second kappa shape index (κ2) is 15.0. The number of nitrogens with zero attached hydrogens (tertiary/aromatic N) is 2. The predicted octanol–water partition coefficient (Wildman–Crippen LogP) is 1.65. The van der Waals surface area contributed by atoms with Crippen LogP contribution in [0.3, 0.4) is 0 Å². The molecule has 1 unspecified atom stereocenters. The number of benzene rings is 1. The molecule has 0 fully saturated rings. The first-order valence-electron chi connectivity index (χ1n) is 12.0. The van der Waals surface area contributed by atoms with Crippen molar-refractivity contribution in [3.8, 4) is 5.75 Å². The number of nitrogens with one attached hydrogen (secondary N) is 4. The summed E-state index contributed by atoms with van der Waals surface area (Å²) in [6.07, 6.45) is 3.36. The Bertz CT molecular complexity index is 1270. The van der Waals surface area contributed by atoms with Gasteiger partial charge in [0.25, 0.3) is 5.91 Å². The number of aliphatic carboxylic acids is 1. The first kappa shape index (κ1) is 29.0. The molecule has 39 heavy (non-hydrogen) atoms. The van der Waals surface area contributed by atoms with E-state index in [4.69, 9.17) is 15.6 Å². The summed E-state index contributed by atoms with van der Waals surface area (Å²) in [7, 11) is 0. The molecule has 14 heteroatoms. The summed E-state index contributed by atoms with van der Waals surface area (Å²) < 4.78 is 5.69. The van der Waals surface area contributed by atoms with Crippen molar-refractivity contribution in [1.29, 1.82) is 0 Å². The number of urea groups is 1. The van der Waals surface area contributed by atoms with E-state index in [2.05, 4.69) is 31.2 Å². The van der Waals surface area contributed by atoms with Gasteiger partial charge in [0, 0.05) is 29.9 Å². The van der Waals surface area contributed by atoms with Crippen molar-refractivity contribution in [2.45, 2.75) is 25.4 Å². The van der Waals surface area contributed by atoms with Crippen LogP contribution in [0.25, 0.3) is 0 Å². The minimum absolute atomic E-state index is 0.0103. The maximum absolute atomic E-state index is 12.4. The molecule has 2 aromatic heterocycles. The molecule has 3 rings (SSSR count). The highest BCUT2D eigenvalue weighted by Crippen LogP contribution is 2.19. The molecule has 4 amide bonds. The fourth-order valence-corrected chi connectivity index (χ4v) is 4.00. The number of amides is 4. The van der Waals surface area contributed by atoms with Crippen LogP contribution < -0.4 is 31.7 Å². The fraction of sp³-hybridized carbons (Fsp3) is 0.280. The zero-order chi connectivity index (χ0) is 28.0. The molecule has 0 saturated heterocycles. The molecule has 0 aliphatic heterocycles. The van der Waals surface area contributed by atoms with Crippen LogP contribution in [0.4, 0.5) is 9.93 Å². The average Bonchev–Trinajstić information content (AvgIpc) is 3.39. The van der Waals surface area contributed by atoms with Crippen LogP contribution in [0, 0.1) is 0 Å². The Morgan fingerprint density at radius 2 is 1.92 bits per heavy atom. The topological polar surface area (TPSA) is 198 Å². The zero-order valence-corrected chi connectivity index (χ0v) is 21.7. The zero-order valence-electron chi connectivity index (χ0n) is 20.9. The number of pyridine rings is 1. The van der Waals surface area contributed by atoms with Gasteiger partial charge >= 0.3 is 12.0 Å². The van der Waals surface area contributed by atoms with Crippen LogP contribution in [-0.2, 0) is 16.1 Å². The summed E-state index contributed by atoms with van der Waals surface area (Å²) in [6.45, 7) is 0.797. The first-order valence-corrected chi connectivity index (χ1v) is 12.8. The summed E-state index contributed by atoms with van der Waals surface area (Å²) >= 11 is 1.04. The van der Waals surface area contributed by atoms with Crippen molar-refractivity contribution < 1.29 is 29.0 Å². The summed E-state index contributed by atoms with van der Waals surface area (Å²) in [6, 6.07) is 9.26. The van der Waals surface area contributed by atoms with Crippen LogP contribution in [0.5, 0.6) is 5.75 Å². The second-order valence-corrected chi connectivity index (χ2v) is 8.99. The van der Waals surface area contributed by atoms with E-state index in [1.807, 2.05) is 24.3 Å². The van der Waals surface area contributed by atoms with Gasteiger partial charge in [-0.3, -0.25) is 24.7 Å². The van der Waals surface area contributed by atoms with Crippen molar-refractivity contribution >= 4 is 40.3 Å². The van der Waals surface area contributed by atoms with E-state index < -0.39 is 36.4 Å². The number of anilines is 1.